The molecule has 1 aliphatic rings. The fraction of sp³-hybridized carbons (Fsp3) is 0.526. The number of guanidine groups is 1. The summed E-state index contributed by atoms with van der Waals surface area (Å²) >= 11 is 0. The molecule has 25 heavy (non-hydrogen) atoms. The van der Waals surface area contributed by atoms with Gasteiger partial charge in [0.1, 0.15) is 6.54 Å². The zero-order chi connectivity index (χ0) is 17.6. The Morgan fingerprint density at radius 3 is 2.80 bits per heavy atom. The first-order valence-corrected chi connectivity index (χ1v) is 9.11. The summed E-state index contributed by atoms with van der Waals surface area (Å²) in [5, 5.41) is 10.6. The van der Waals surface area contributed by atoms with Gasteiger partial charge in [0.25, 0.3) is 0 Å². The average molecular weight is 341 g/mol. The van der Waals surface area contributed by atoms with Crippen LogP contribution in [0.2, 0.25) is 0 Å². The lowest BCUT2D eigenvalue weighted by atomic mass is 9.89. The van der Waals surface area contributed by atoms with Gasteiger partial charge in [-0.1, -0.05) is 23.4 Å². The summed E-state index contributed by atoms with van der Waals surface area (Å²) in [5.41, 5.74) is 4.30. The first-order chi connectivity index (χ1) is 12.2. The highest BCUT2D eigenvalue weighted by molar-refractivity contribution is 5.80. The summed E-state index contributed by atoms with van der Waals surface area (Å²) in [6.45, 7) is 7.19. The third kappa shape index (κ3) is 4.59. The molecule has 0 amide bonds. The molecule has 0 fully saturated rings. The van der Waals surface area contributed by atoms with E-state index in [9.17, 15) is 0 Å². The lowest BCUT2D eigenvalue weighted by Crippen LogP contribution is -2.38. The molecule has 6 heteroatoms. The van der Waals surface area contributed by atoms with E-state index >= 15 is 0 Å². The minimum absolute atomic E-state index is 0.178. The molecule has 1 atom stereocenters. The number of hydrogen-bond donors (Lipinski definition) is 2. The Hall–Kier alpha value is -2.37. The van der Waals surface area contributed by atoms with Gasteiger partial charge in [0.15, 0.2) is 11.8 Å². The maximum atomic E-state index is 4.99. The van der Waals surface area contributed by atoms with E-state index in [0.29, 0.717) is 18.3 Å². The van der Waals surface area contributed by atoms with Crippen molar-refractivity contribution in [3.8, 4) is 0 Å². The molecule has 2 aromatic rings. The van der Waals surface area contributed by atoms with Gasteiger partial charge >= 0.3 is 0 Å². The Bertz CT molecular complexity index is 737. The zero-order valence-corrected chi connectivity index (χ0v) is 15.3. The molecule has 0 radical (unpaired) electrons. The molecule has 0 bridgehead atoms. The molecule has 3 rings (SSSR count). The van der Waals surface area contributed by atoms with E-state index in [1.54, 1.807) is 6.92 Å². The van der Waals surface area contributed by atoms with Crippen LogP contribution in [0.1, 0.15) is 61.1 Å². The van der Waals surface area contributed by atoms with E-state index in [4.69, 9.17) is 4.52 Å². The lowest BCUT2D eigenvalue weighted by molar-refractivity contribution is 0.387. The number of aryl methyl sites for hydroxylation is 3. The SMILES string of the molecule is CCNC(=NCc1noc(C)n1)NC(C)c1ccc2c(c1)CCCC2. The van der Waals surface area contributed by atoms with Gasteiger partial charge in [-0.25, -0.2) is 4.99 Å². The van der Waals surface area contributed by atoms with Gasteiger partial charge in [-0.3, -0.25) is 0 Å². The fourth-order valence-corrected chi connectivity index (χ4v) is 3.19. The van der Waals surface area contributed by atoms with Crippen LogP contribution in [0.3, 0.4) is 0 Å². The molecule has 6 nitrogen and oxygen atoms in total. The van der Waals surface area contributed by atoms with Crippen molar-refractivity contribution in [1.29, 1.82) is 0 Å². The van der Waals surface area contributed by atoms with Crippen molar-refractivity contribution in [2.45, 2.75) is 59.0 Å². The number of rotatable bonds is 5. The predicted octanol–water partition coefficient (Wildman–Crippen LogP) is 3.07. The third-order valence-electron chi connectivity index (χ3n) is 4.52. The molecule has 1 unspecified atom stereocenters. The van der Waals surface area contributed by atoms with Crippen LogP contribution in [0.4, 0.5) is 0 Å². The Labute approximate surface area is 149 Å². The zero-order valence-electron chi connectivity index (χ0n) is 15.3. The Balaban J connectivity index is 1.68. The lowest BCUT2D eigenvalue weighted by Gasteiger charge is -2.21. The Morgan fingerprint density at radius 2 is 2.08 bits per heavy atom. The number of benzene rings is 1. The second kappa shape index (κ2) is 8.14. The maximum Gasteiger partial charge on any atom is 0.223 e. The first-order valence-electron chi connectivity index (χ1n) is 9.11. The normalized spacial score (nSPS) is 15.6. The molecule has 0 saturated heterocycles. The van der Waals surface area contributed by atoms with E-state index in [1.807, 2.05) is 0 Å². The maximum absolute atomic E-state index is 4.99. The van der Waals surface area contributed by atoms with Crippen LogP contribution in [0, 0.1) is 6.92 Å². The second-order valence-corrected chi connectivity index (χ2v) is 6.53. The topological polar surface area (TPSA) is 75.3 Å². The van der Waals surface area contributed by atoms with Gasteiger partial charge in [-0.15, -0.1) is 0 Å². The number of nitrogens with one attached hydrogen (secondary N) is 2. The number of fused-ring (bicyclic) bond motifs is 1. The minimum Gasteiger partial charge on any atom is -0.357 e. The van der Waals surface area contributed by atoms with Crippen molar-refractivity contribution in [2.24, 2.45) is 4.99 Å². The Kier molecular flexibility index (Phi) is 5.68. The van der Waals surface area contributed by atoms with Gasteiger partial charge in [0.05, 0.1) is 6.04 Å². The van der Waals surface area contributed by atoms with Gasteiger partial charge in [0, 0.05) is 13.5 Å². The molecular formula is C19H27N5O. The van der Waals surface area contributed by atoms with E-state index in [1.165, 1.54) is 42.4 Å². The molecular weight excluding hydrogens is 314 g/mol. The quantitative estimate of drug-likeness (QED) is 0.646. The highest BCUT2D eigenvalue weighted by Crippen LogP contribution is 2.24. The molecule has 0 saturated carbocycles. The van der Waals surface area contributed by atoms with E-state index in [0.717, 1.165) is 12.5 Å². The molecule has 134 valence electrons. The molecule has 0 spiro atoms. The van der Waals surface area contributed by atoms with Crippen LogP contribution in [-0.4, -0.2) is 22.6 Å². The largest absolute Gasteiger partial charge is 0.357 e. The standard InChI is InChI=1S/C19H27N5O/c1-4-20-19(21-12-18-23-14(3)25-24-18)22-13(2)16-10-9-15-7-5-6-8-17(15)11-16/h9-11,13H,4-8,12H2,1-3H3,(H2,20,21,22). The van der Waals surface area contributed by atoms with Crippen LogP contribution >= 0.6 is 0 Å². The summed E-state index contributed by atoms with van der Waals surface area (Å²) < 4.78 is 4.99. The van der Waals surface area contributed by atoms with E-state index in [-0.39, 0.29) is 6.04 Å². The monoisotopic (exact) mass is 341 g/mol. The van der Waals surface area contributed by atoms with Crippen molar-refractivity contribution < 1.29 is 4.52 Å². The van der Waals surface area contributed by atoms with Crippen LogP contribution in [0.15, 0.2) is 27.7 Å². The smallest absolute Gasteiger partial charge is 0.223 e. The summed E-state index contributed by atoms with van der Waals surface area (Å²) in [5.74, 6) is 1.91. The van der Waals surface area contributed by atoms with Crippen LogP contribution in [0.5, 0.6) is 0 Å². The first kappa shape index (κ1) is 17.5. The molecule has 1 aliphatic carbocycles. The number of hydrogen-bond acceptors (Lipinski definition) is 4. The summed E-state index contributed by atoms with van der Waals surface area (Å²) in [7, 11) is 0. The van der Waals surface area contributed by atoms with Crippen molar-refractivity contribution in [1.82, 2.24) is 20.8 Å². The van der Waals surface area contributed by atoms with Crippen LogP contribution < -0.4 is 10.6 Å². The van der Waals surface area contributed by atoms with Gasteiger partial charge < -0.3 is 15.2 Å². The summed E-state index contributed by atoms with van der Waals surface area (Å²) in [6, 6.07) is 7.04. The summed E-state index contributed by atoms with van der Waals surface area (Å²) in [6.07, 6.45) is 5.02. The van der Waals surface area contributed by atoms with Crippen molar-refractivity contribution >= 4 is 5.96 Å². The summed E-state index contributed by atoms with van der Waals surface area (Å²) in [4.78, 5) is 8.75. The molecule has 1 heterocycles. The Morgan fingerprint density at radius 1 is 1.28 bits per heavy atom. The van der Waals surface area contributed by atoms with Crippen LogP contribution in [0.25, 0.3) is 0 Å². The highest BCUT2D eigenvalue weighted by Gasteiger charge is 2.13. The van der Waals surface area contributed by atoms with Crippen molar-refractivity contribution in [2.75, 3.05) is 6.54 Å². The van der Waals surface area contributed by atoms with Crippen LogP contribution in [-0.2, 0) is 19.4 Å². The van der Waals surface area contributed by atoms with Gasteiger partial charge in [0.2, 0.25) is 5.89 Å². The van der Waals surface area contributed by atoms with E-state index < -0.39 is 0 Å². The molecule has 2 N–H and O–H groups in total. The second-order valence-electron chi connectivity index (χ2n) is 6.53. The number of nitrogens with zero attached hydrogens (tertiary/aromatic N) is 3. The van der Waals surface area contributed by atoms with Gasteiger partial charge in [-0.05, 0) is 56.2 Å². The van der Waals surface area contributed by atoms with Gasteiger partial charge in [-0.2, -0.15) is 4.98 Å². The number of aromatic nitrogens is 2. The fourth-order valence-electron chi connectivity index (χ4n) is 3.19. The highest BCUT2D eigenvalue weighted by atomic mass is 16.5. The van der Waals surface area contributed by atoms with Crippen molar-refractivity contribution in [3.05, 3.63) is 46.6 Å². The minimum atomic E-state index is 0.178. The average Bonchev–Trinajstić information content (AvgIpc) is 3.04. The molecule has 1 aromatic heterocycles. The van der Waals surface area contributed by atoms with Crippen molar-refractivity contribution in [3.63, 3.8) is 0 Å². The third-order valence-corrected chi connectivity index (χ3v) is 4.52. The van der Waals surface area contributed by atoms with E-state index in [2.05, 4.69) is 57.8 Å². The molecule has 0 aliphatic heterocycles. The predicted molar refractivity (Wildman–Crippen MR) is 98.5 cm³/mol. The molecule has 1 aromatic carbocycles. The number of aliphatic imine (C=N–C) groups is 1.